The summed E-state index contributed by atoms with van der Waals surface area (Å²) in [5.41, 5.74) is 13.3. The number of H-pyrrole nitrogens is 2. The molecule has 5 heterocycles. The number of anilines is 1. The first-order chi connectivity index (χ1) is 24.1. The summed E-state index contributed by atoms with van der Waals surface area (Å²) in [5.74, 6) is 6.87. The third-order valence-corrected chi connectivity index (χ3v) is 8.75. The summed E-state index contributed by atoms with van der Waals surface area (Å²) < 4.78 is 0. The topological polar surface area (TPSA) is 77.7 Å². The van der Waals surface area contributed by atoms with E-state index in [9.17, 15) is 4.79 Å². The molecule has 2 aliphatic rings. The summed E-state index contributed by atoms with van der Waals surface area (Å²) in [6.45, 7) is 0. The van der Waals surface area contributed by atoms with Crippen molar-refractivity contribution < 1.29 is 4.79 Å². The lowest BCUT2D eigenvalue weighted by Crippen LogP contribution is -2.07. The van der Waals surface area contributed by atoms with Crippen LogP contribution in [0.2, 0.25) is 0 Å². The molecule has 6 aromatic rings. The maximum Gasteiger partial charge on any atom is 0.154 e. The third kappa shape index (κ3) is 5.64. The molecule has 0 atom stereocenters. The quantitative estimate of drug-likeness (QED) is 0.150. The molecule has 3 aromatic carbocycles. The monoisotopic (exact) mass is 633 g/mol. The molecular formula is C43H31N5O. The van der Waals surface area contributed by atoms with Gasteiger partial charge in [-0.3, -0.25) is 4.79 Å². The Balaban J connectivity index is 1.49. The van der Waals surface area contributed by atoms with Crippen LogP contribution in [-0.4, -0.2) is 40.3 Å². The predicted molar refractivity (Wildman–Crippen MR) is 202 cm³/mol. The van der Waals surface area contributed by atoms with E-state index in [0.29, 0.717) is 16.8 Å². The highest BCUT2D eigenvalue weighted by molar-refractivity contribution is 5.98. The Morgan fingerprint density at radius 2 is 1.06 bits per heavy atom. The van der Waals surface area contributed by atoms with Crippen molar-refractivity contribution >= 4 is 58.3 Å². The molecule has 0 amide bonds. The maximum atomic E-state index is 12.6. The van der Waals surface area contributed by atoms with Crippen molar-refractivity contribution in [3.63, 3.8) is 0 Å². The molecule has 6 nitrogen and oxygen atoms in total. The molecule has 8 bridgehead atoms. The number of aromatic amines is 2. The minimum Gasteiger partial charge on any atom is -0.378 e. The number of carbonyl (C=O) groups is 1. The Morgan fingerprint density at radius 3 is 1.65 bits per heavy atom. The van der Waals surface area contributed by atoms with Crippen molar-refractivity contribution in [2.45, 2.75) is 0 Å². The Kier molecular flexibility index (Phi) is 7.56. The van der Waals surface area contributed by atoms with E-state index in [0.717, 1.165) is 79.0 Å². The van der Waals surface area contributed by atoms with Crippen molar-refractivity contribution in [2.24, 2.45) is 0 Å². The van der Waals surface area contributed by atoms with Crippen LogP contribution in [0.15, 0.2) is 109 Å². The first kappa shape index (κ1) is 29.7. The van der Waals surface area contributed by atoms with Crippen LogP contribution in [0, 0.1) is 11.8 Å². The van der Waals surface area contributed by atoms with E-state index in [-0.39, 0.29) is 0 Å². The molecule has 49 heavy (non-hydrogen) atoms. The zero-order chi connectivity index (χ0) is 33.3. The molecule has 0 saturated heterocycles. The fourth-order valence-electron chi connectivity index (χ4n) is 6.28. The summed E-state index contributed by atoms with van der Waals surface area (Å²) in [5, 5.41) is 0. The Labute approximate surface area is 284 Å². The summed E-state index contributed by atoms with van der Waals surface area (Å²) in [6, 6.07) is 36.6. The Bertz CT molecular complexity index is 2490. The standard InChI is InChI=1S/C43H31N5O/c1-48(2)31-16-13-28(14-17-31)15-18-32-34-19-23-38(44-34)42(29-9-5-3-6-10-29)40-25-21-36(46-40)33(27-49)37-22-26-41(47-37)43(30-11-7-4-8-12-30)39-24-20-35(32)45-39/h3-14,16-17,19-27,44,47H,1-2H3. The van der Waals surface area contributed by atoms with Gasteiger partial charge in [-0.15, -0.1) is 0 Å². The molecule has 0 aliphatic carbocycles. The van der Waals surface area contributed by atoms with Gasteiger partial charge in [0.05, 0.1) is 44.9 Å². The SMILES string of the molecule is CN(C)c1ccc(C#Cc2c3nc(c(-c4ccccc4)c4ccc([nH]4)c(C=O)c4nc(c(-c5ccccc5)c5ccc2[nH]5)C=C4)C=C3)cc1. The molecule has 8 rings (SSSR count). The minimum atomic E-state index is 0.484. The van der Waals surface area contributed by atoms with E-state index >= 15 is 0 Å². The van der Waals surface area contributed by atoms with Crippen molar-refractivity contribution in [2.75, 3.05) is 19.0 Å². The van der Waals surface area contributed by atoms with Crippen molar-refractivity contribution in [1.82, 2.24) is 19.9 Å². The van der Waals surface area contributed by atoms with E-state index in [1.165, 1.54) is 0 Å². The largest absolute Gasteiger partial charge is 0.378 e. The molecule has 0 unspecified atom stereocenters. The summed E-state index contributed by atoms with van der Waals surface area (Å²) in [6.07, 6.45) is 8.80. The second-order valence-electron chi connectivity index (χ2n) is 12.1. The van der Waals surface area contributed by atoms with Crippen LogP contribution in [0.3, 0.4) is 0 Å². The lowest BCUT2D eigenvalue weighted by molar-refractivity contribution is 0.112. The number of nitrogens with one attached hydrogen (secondary N) is 2. The van der Waals surface area contributed by atoms with Gasteiger partial charge < -0.3 is 14.9 Å². The Hall–Kier alpha value is -6.71. The minimum absolute atomic E-state index is 0.484. The smallest absolute Gasteiger partial charge is 0.154 e. The number of benzene rings is 3. The van der Waals surface area contributed by atoms with Crippen LogP contribution in [0.4, 0.5) is 5.69 Å². The van der Waals surface area contributed by atoms with Crippen LogP contribution in [0.25, 0.3) is 68.6 Å². The van der Waals surface area contributed by atoms with E-state index in [1.54, 1.807) is 0 Å². The molecule has 6 heteroatoms. The number of hydrogen-bond acceptors (Lipinski definition) is 4. The number of nitrogens with zero attached hydrogens (tertiary/aromatic N) is 3. The lowest BCUT2D eigenvalue weighted by Gasteiger charge is -2.11. The van der Waals surface area contributed by atoms with Gasteiger partial charge in [0.2, 0.25) is 0 Å². The molecule has 0 radical (unpaired) electrons. The van der Waals surface area contributed by atoms with Crippen molar-refractivity contribution in [3.05, 3.63) is 149 Å². The first-order valence-electron chi connectivity index (χ1n) is 16.1. The van der Waals surface area contributed by atoms with Gasteiger partial charge in [0.25, 0.3) is 0 Å². The van der Waals surface area contributed by atoms with E-state index in [1.807, 2.05) is 99.1 Å². The highest BCUT2D eigenvalue weighted by Crippen LogP contribution is 2.34. The number of aldehydes is 1. The molecule has 0 saturated carbocycles. The maximum absolute atomic E-state index is 12.6. The predicted octanol–water partition coefficient (Wildman–Crippen LogP) is 9.27. The van der Waals surface area contributed by atoms with Gasteiger partial charge in [0.1, 0.15) is 0 Å². The van der Waals surface area contributed by atoms with E-state index in [4.69, 9.17) is 9.97 Å². The first-order valence-corrected chi connectivity index (χ1v) is 16.1. The van der Waals surface area contributed by atoms with Gasteiger partial charge in [-0.25, -0.2) is 9.97 Å². The van der Waals surface area contributed by atoms with Gasteiger partial charge in [-0.1, -0.05) is 72.5 Å². The van der Waals surface area contributed by atoms with Crippen LogP contribution in [-0.2, 0) is 0 Å². The van der Waals surface area contributed by atoms with Gasteiger partial charge in [0, 0.05) is 47.5 Å². The average Bonchev–Trinajstić information content (AvgIpc) is 3.97. The molecule has 3 aromatic heterocycles. The van der Waals surface area contributed by atoms with Crippen molar-refractivity contribution in [1.29, 1.82) is 0 Å². The molecule has 2 aliphatic heterocycles. The van der Waals surface area contributed by atoms with Gasteiger partial charge in [-0.05, 0) is 84.0 Å². The number of aromatic nitrogens is 4. The van der Waals surface area contributed by atoms with Crippen molar-refractivity contribution in [3.8, 4) is 34.1 Å². The zero-order valence-electron chi connectivity index (χ0n) is 27.0. The average molecular weight is 634 g/mol. The molecular weight excluding hydrogens is 603 g/mol. The normalized spacial score (nSPS) is 11.6. The van der Waals surface area contributed by atoms with E-state index in [2.05, 4.69) is 75.2 Å². The second-order valence-corrected chi connectivity index (χ2v) is 12.1. The number of carbonyl (C=O) groups excluding carboxylic acids is 1. The third-order valence-electron chi connectivity index (χ3n) is 8.75. The highest BCUT2D eigenvalue weighted by Gasteiger charge is 2.17. The summed E-state index contributed by atoms with van der Waals surface area (Å²) >= 11 is 0. The van der Waals surface area contributed by atoms with Crippen LogP contribution in [0.5, 0.6) is 0 Å². The van der Waals surface area contributed by atoms with E-state index < -0.39 is 0 Å². The fraction of sp³-hybridized carbons (Fsp3) is 0.0465. The molecule has 0 spiro atoms. The Morgan fingerprint density at radius 1 is 0.551 bits per heavy atom. The van der Waals surface area contributed by atoms with Gasteiger partial charge in [0.15, 0.2) is 6.29 Å². The molecule has 2 N–H and O–H groups in total. The molecule has 0 fully saturated rings. The highest BCUT2D eigenvalue weighted by atomic mass is 16.1. The number of hydrogen-bond donors (Lipinski definition) is 2. The zero-order valence-corrected chi connectivity index (χ0v) is 27.0. The number of fused-ring (bicyclic) bond motifs is 8. The van der Waals surface area contributed by atoms with Crippen LogP contribution < -0.4 is 4.90 Å². The fourth-order valence-corrected chi connectivity index (χ4v) is 6.28. The molecule has 234 valence electrons. The van der Waals surface area contributed by atoms with Crippen LogP contribution >= 0.6 is 0 Å². The van der Waals surface area contributed by atoms with Crippen LogP contribution in [0.1, 0.15) is 44.3 Å². The van der Waals surface area contributed by atoms with Gasteiger partial charge in [-0.2, -0.15) is 0 Å². The lowest BCUT2D eigenvalue weighted by atomic mass is 10.0. The second kappa shape index (κ2) is 12.5. The summed E-state index contributed by atoms with van der Waals surface area (Å²) in [7, 11) is 4.05. The number of rotatable bonds is 4. The van der Waals surface area contributed by atoms with Gasteiger partial charge >= 0.3 is 0 Å². The summed E-state index contributed by atoms with van der Waals surface area (Å²) in [4.78, 5) is 32.1.